The smallest absolute Gasteiger partial charge is 0.0177 e. The SMILES string of the molecule is CC.CCCC(C)C.NC1CCNC1. The zero-order valence-electron chi connectivity index (χ0n) is 10.8. The fourth-order valence-electron chi connectivity index (χ4n) is 1.25. The molecule has 0 aromatic heterocycles. The van der Waals surface area contributed by atoms with E-state index in [1.807, 2.05) is 13.8 Å². The van der Waals surface area contributed by atoms with Gasteiger partial charge in [0.15, 0.2) is 0 Å². The first-order valence-corrected chi connectivity index (χ1v) is 6.13. The Bertz CT molecular complexity index is 86.3. The minimum Gasteiger partial charge on any atom is -0.327 e. The van der Waals surface area contributed by atoms with E-state index in [0.29, 0.717) is 6.04 Å². The third-order valence-electron chi connectivity index (χ3n) is 1.96. The van der Waals surface area contributed by atoms with Gasteiger partial charge in [-0.1, -0.05) is 47.5 Å². The van der Waals surface area contributed by atoms with E-state index in [0.717, 1.165) is 25.4 Å². The van der Waals surface area contributed by atoms with Crippen LogP contribution >= 0.6 is 0 Å². The van der Waals surface area contributed by atoms with Crippen molar-refractivity contribution in [2.45, 2.75) is 59.9 Å². The lowest BCUT2D eigenvalue weighted by Gasteiger charge is -1.95. The van der Waals surface area contributed by atoms with Crippen molar-refractivity contribution < 1.29 is 0 Å². The van der Waals surface area contributed by atoms with Gasteiger partial charge in [0.25, 0.3) is 0 Å². The molecule has 1 unspecified atom stereocenters. The first-order valence-electron chi connectivity index (χ1n) is 6.13. The van der Waals surface area contributed by atoms with Crippen molar-refractivity contribution in [3.8, 4) is 0 Å². The number of nitrogens with two attached hydrogens (primary N) is 1. The molecular weight excluding hydrogens is 172 g/mol. The van der Waals surface area contributed by atoms with Gasteiger partial charge >= 0.3 is 0 Å². The predicted molar refractivity (Wildman–Crippen MR) is 66.6 cm³/mol. The third-order valence-corrected chi connectivity index (χ3v) is 1.96. The fourth-order valence-corrected chi connectivity index (χ4v) is 1.25. The maximum atomic E-state index is 5.47. The van der Waals surface area contributed by atoms with E-state index in [1.165, 1.54) is 12.8 Å². The van der Waals surface area contributed by atoms with E-state index in [-0.39, 0.29) is 0 Å². The maximum Gasteiger partial charge on any atom is 0.0177 e. The van der Waals surface area contributed by atoms with Gasteiger partial charge in [-0.05, 0) is 18.9 Å². The Kier molecular flexibility index (Phi) is 15.1. The number of hydrogen-bond acceptors (Lipinski definition) is 2. The molecule has 2 nitrogen and oxygen atoms in total. The minimum atomic E-state index is 0.435. The molecule has 1 aliphatic rings. The van der Waals surface area contributed by atoms with Crippen molar-refractivity contribution >= 4 is 0 Å². The van der Waals surface area contributed by atoms with Gasteiger partial charge in [-0.25, -0.2) is 0 Å². The summed E-state index contributed by atoms with van der Waals surface area (Å²) >= 11 is 0. The van der Waals surface area contributed by atoms with Crippen LogP contribution in [0.1, 0.15) is 53.9 Å². The van der Waals surface area contributed by atoms with Crippen LogP contribution in [0.15, 0.2) is 0 Å². The summed E-state index contributed by atoms with van der Waals surface area (Å²) in [6, 6.07) is 0.435. The number of nitrogens with one attached hydrogen (secondary N) is 1. The van der Waals surface area contributed by atoms with Crippen LogP contribution in [0.3, 0.4) is 0 Å². The molecule has 3 N–H and O–H groups in total. The van der Waals surface area contributed by atoms with E-state index in [2.05, 4.69) is 26.1 Å². The molecule has 0 aliphatic carbocycles. The summed E-state index contributed by atoms with van der Waals surface area (Å²) in [7, 11) is 0. The van der Waals surface area contributed by atoms with Crippen LogP contribution in [-0.2, 0) is 0 Å². The van der Waals surface area contributed by atoms with Crippen LogP contribution in [0.5, 0.6) is 0 Å². The topological polar surface area (TPSA) is 38.0 Å². The van der Waals surface area contributed by atoms with Crippen molar-refractivity contribution in [2.75, 3.05) is 13.1 Å². The van der Waals surface area contributed by atoms with E-state index >= 15 is 0 Å². The molecule has 0 amide bonds. The molecule has 1 saturated heterocycles. The van der Waals surface area contributed by atoms with E-state index in [9.17, 15) is 0 Å². The molecular formula is C12H30N2. The second kappa shape index (κ2) is 12.9. The van der Waals surface area contributed by atoms with Crippen molar-refractivity contribution in [3.63, 3.8) is 0 Å². The Morgan fingerprint density at radius 1 is 1.36 bits per heavy atom. The molecule has 14 heavy (non-hydrogen) atoms. The lowest BCUT2D eigenvalue weighted by Crippen LogP contribution is -2.21. The summed E-state index contributed by atoms with van der Waals surface area (Å²) in [5, 5.41) is 3.15. The average molecular weight is 202 g/mol. The van der Waals surface area contributed by atoms with Crippen LogP contribution in [0, 0.1) is 5.92 Å². The van der Waals surface area contributed by atoms with Crippen LogP contribution in [-0.4, -0.2) is 19.1 Å². The highest BCUT2D eigenvalue weighted by molar-refractivity contribution is 4.72. The average Bonchev–Trinajstić information content (AvgIpc) is 2.60. The Morgan fingerprint density at radius 2 is 1.93 bits per heavy atom. The lowest BCUT2D eigenvalue weighted by atomic mass is 10.1. The van der Waals surface area contributed by atoms with Crippen LogP contribution in [0.4, 0.5) is 0 Å². The maximum absolute atomic E-state index is 5.47. The lowest BCUT2D eigenvalue weighted by molar-refractivity contribution is 0.576. The largest absolute Gasteiger partial charge is 0.327 e. The van der Waals surface area contributed by atoms with Crippen LogP contribution in [0.25, 0.3) is 0 Å². The second-order valence-corrected chi connectivity index (χ2v) is 3.94. The highest BCUT2D eigenvalue weighted by Gasteiger charge is 2.06. The molecule has 1 heterocycles. The molecule has 1 aliphatic heterocycles. The highest BCUT2D eigenvalue weighted by atomic mass is 14.9. The molecule has 0 spiro atoms. The van der Waals surface area contributed by atoms with E-state index in [4.69, 9.17) is 5.73 Å². The van der Waals surface area contributed by atoms with Crippen molar-refractivity contribution in [1.82, 2.24) is 5.32 Å². The summed E-state index contributed by atoms with van der Waals surface area (Å²) < 4.78 is 0. The quantitative estimate of drug-likeness (QED) is 0.722. The van der Waals surface area contributed by atoms with Crippen molar-refractivity contribution in [1.29, 1.82) is 0 Å². The Balaban J connectivity index is 0. The van der Waals surface area contributed by atoms with Gasteiger partial charge in [0.1, 0.15) is 0 Å². The molecule has 88 valence electrons. The van der Waals surface area contributed by atoms with Gasteiger partial charge < -0.3 is 11.1 Å². The molecule has 0 saturated carbocycles. The molecule has 2 heteroatoms. The fraction of sp³-hybridized carbons (Fsp3) is 1.00. The predicted octanol–water partition coefficient (Wildman–Crippen LogP) is 2.78. The number of rotatable bonds is 2. The molecule has 0 aromatic carbocycles. The summed E-state index contributed by atoms with van der Waals surface area (Å²) in [5.41, 5.74) is 5.47. The Labute approximate surface area is 90.6 Å². The van der Waals surface area contributed by atoms with Gasteiger partial charge in [0.05, 0.1) is 0 Å². The van der Waals surface area contributed by atoms with Crippen molar-refractivity contribution in [3.05, 3.63) is 0 Å². The van der Waals surface area contributed by atoms with E-state index in [1.54, 1.807) is 0 Å². The molecule has 0 aromatic rings. The standard InChI is InChI=1S/C6H14.C4H10N2.C2H6/c1-4-5-6(2)3;5-4-1-2-6-3-4;1-2/h6H,4-5H2,1-3H3;4,6H,1-3,5H2;1-2H3. The molecule has 1 fully saturated rings. The first-order chi connectivity index (χ1) is 6.66. The normalized spacial score (nSPS) is 19.5. The Morgan fingerprint density at radius 3 is 2.00 bits per heavy atom. The van der Waals surface area contributed by atoms with E-state index < -0.39 is 0 Å². The summed E-state index contributed by atoms with van der Waals surface area (Å²) in [6.45, 7) is 12.9. The zero-order valence-corrected chi connectivity index (χ0v) is 10.8. The Hall–Kier alpha value is -0.0800. The summed E-state index contributed by atoms with van der Waals surface area (Å²) in [5.74, 6) is 0.898. The molecule has 1 rings (SSSR count). The monoisotopic (exact) mass is 202 g/mol. The molecule has 1 atom stereocenters. The van der Waals surface area contributed by atoms with Gasteiger partial charge in [0.2, 0.25) is 0 Å². The first kappa shape index (κ1) is 16.4. The molecule has 0 radical (unpaired) electrons. The molecule has 0 bridgehead atoms. The van der Waals surface area contributed by atoms with Crippen LogP contribution in [0.2, 0.25) is 0 Å². The summed E-state index contributed by atoms with van der Waals surface area (Å²) in [4.78, 5) is 0. The van der Waals surface area contributed by atoms with Gasteiger partial charge in [-0.2, -0.15) is 0 Å². The minimum absolute atomic E-state index is 0.435. The van der Waals surface area contributed by atoms with Crippen LogP contribution < -0.4 is 11.1 Å². The zero-order chi connectivity index (χ0) is 11.4. The number of hydrogen-bond donors (Lipinski definition) is 2. The van der Waals surface area contributed by atoms with Gasteiger partial charge in [-0.3, -0.25) is 0 Å². The second-order valence-electron chi connectivity index (χ2n) is 3.94. The highest BCUT2D eigenvalue weighted by Crippen LogP contribution is 2.00. The summed E-state index contributed by atoms with van der Waals surface area (Å²) in [6.07, 6.45) is 3.86. The third kappa shape index (κ3) is 14.4. The van der Waals surface area contributed by atoms with Gasteiger partial charge in [0, 0.05) is 12.6 Å². The van der Waals surface area contributed by atoms with Gasteiger partial charge in [-0.15, -0.1) is 0 Å². The van der Waals surface area contributed by atoms with Crippen molar-refractivity contribution in [2.24, 2.45) is 11.7 Å².